The largest absolute Gasteiger partial charge is 0.496 e. The Morgan fingerprint density at radius 2 is 1.95 bits per heavy atom. The predicted molar refractivity (Wildman–Crippen MR) is 88.3 cm³/mol. The van der Waals surface area contributed by atoms with Gasteiger partial charge < -0.3 is 19.9 Å². The van der Waals surface area contributed by atoms with E-state index < -0.39 is 0 Å². The molecule has 2 rings (SSSR count). The zero-order chi connectivity index (χ0) is 15.8. The van der Waals surface area contributed by atoms with Gasteiger partial charge in [-0.05, 0) is 31.1 Å². The number of nitrogens with one attached hydrogen (secondary N) is 1. The number of amides is 1. The molecule has 122 valence electrons. The van der Waals surface area contributed by atoms with Crippen LogP contribution in [-0.4, -0.2) is 68.6 Å². The van der Waals surface area contributed by atoms with Crippen LogP contribution in [0.15, 0.2) is 24.3 Å². The summed E-state index contributed by atoms with van der Waals surface area (Å²) < 4.78 is 5.33. The van der Waals surface area contributed by atoms with Crippen LogP contribution in [-0.2, 0) is 11.2 Å². The van der Waals surface area contributed by atoms with Gasteiger partial charge in [0.1, 0.15) is 5.75 Å². The Morgan fingerprint density at radius 3 is 2.64 bits per heavy atom. The maximum Gasteiger partial charge on any atom is 0.236 e. The number of para-hydroxylation sites is 1. The minimum absolute atomic E-state index is 0.204. The SMILES string of the molecule is CCN1CCN(C(=O)CNCCc2ccccc2OC)CC1. The summed E-state index contributed by atoms with van der Waals surface area (Å²) in [4.78, 5) is 16.5. The lowest BCUT2D eigenvalue weighted by atomic mass is 10.1. The van der Waals surface area contributed by atoms with E-state index in [0.717, 1.165) is 51.4 Å². The highest BCUT2D eigenvalue weighted by Gasteiger charge is 2.19. The molecule has 0 atom stereocenters. The molecule has 1 aliphatic rings. The van der Waals surface area contributed by atoms with Gasteiger partial charge in [-0.25, -0.2) is 0 Å². The summed E-state index contributed by atoms with van der Waals surface area (Å²) in [5, 5.41) is 3.25. The fourth-order valence-corrected chi connectivity index (χ4v) is 2.75. The van der Waals surface area contributed by atoms with E-state index in [2.05, 4.69) is 23.2 Å². The molecule has 1 amide bonds. The van der Waals surface area contributed by atoms with Crippen molar-refractivity contribution in [3.8, 4) is 5.75 Å². The van der Waals surface area contributed by atoms with Gasteiger partial charge in [0, 0.05) is 26.2 Å². The fraction of sp³-hybridized carbons (Fsp3) is 0.588. The van der Waals surface area contributed by atoms with Crippen LogP contribution in [0.2, 0.25) is 0 Å². The van der Waals surface area contributed by atoms with E-state index in [1.54, 1.807) is 7.11 Å². The first-order chi connectivity index (χ1) is 10.7. The second-order valence-corrected chi connectivity index (χ2v) is 5.55. The van der Waals surface area contributed by atoms with E-state index in [4.69, 9.17) is 4.74 Å². The van der Waals surface area contributed by atoms with Crippen molar-refractivity contribution in [1.82, 2.24) is 15.1 Å². The zero-order valence-electron chi connectivity index (χ0n) is 13.7. The number of rotatable bonds is 7. The Hall–Kier alpha value is -1.59. The lowest BCUT2D eigenvalue weighted by Crippen LogP contribution is -2.50. The summed E-state index contributed by atoms with van der Waals surface area (Å²) >= 11 is 0. The van der Waals surface area contributed by atoms with Gasteiger partial charge in [0.05, 0.1) is 13.7 Å². The third-order valence-electron chi connectivity index (χ3n) is 4.21. The summed E-state index contributed by atoms with van der Waals surface area (Å²) in [5.74, 6) is 1.11. The second kappa shape index (κ2) is 8.76. The summed E-state index contributed by atoms with van der Waals surface area (Å²) in [6.45, 7) is 8.10. The summed E-state index contributed by atoms with van der Waals surface area (Å²) in [5.41, 5.74) is 1.17. The molecule has 5 heteroatoms. The number of carbonyl (C=O) groups is 1. The maximum atomic E-state index is 12.1. The Balaban J connectivity index is 1.67. The molecule has 0 saturated carbocycles. The van der Waals surface area contributed by atoms with Gasteiger partial charge in [0.15, 0.2) is 0 Å². The van der Waals surface area contributed by atoms with E-state index >= 15 is 0 Å². The number of hydrogen-bond donors (Lipinski definition) is 1. The quantitative estimate of drug-likeness (QED) is 0.763. The molecule has 1 fully saturated rings. The van der Waals surface area contributed by atoms with Crippen LogP contribution in [0.3, 0.4) is 0 Å². The summed E-state index contributed by atoms with van der Waals surface area (Å²) in [7, 11) is 1.69. The molecule has 22 heavy (non-hydrogen) atoms. The van der Waals surface area contributed by atoms with Crippen molar-refractivity contribution >= 4 is 5.91 Å². The van der Waals surface area contributed by atoms with Crippen molar-refractivity contribution < 1.29 is 9.53 Å². The molecular formula is C17H27N3O2. The van der Waals surface area contributed by atoms with Crippen molar-refractivity contribution in [1.29, 1.82) is 0 Å². The van der Waals surface area contributed by atoms with Crippen molar-refractivity contribution in [3.05, 3.63) is 29.8 Å². The number of piperazine rings is 1. The Kier molecular flexibility index (Phi) is 6.68. The van der Waals surface area contributed by atoms with Gasteiger partial charge in [0.2, 0.25) is 5.91 Å². The number of benzene rings is 1. The molecule has 0 radical (unpaired) electrons. The third kappa shape index (κ3) is 4.71. The number of nitrogens with zero attached hydrogens (tertiary/aromatic N) is 2. The molecule has 1 aromatic carbocycles. The normalized spacial score (nSPS) is 15.8. The van der Waals surface area contributed by atoms with Crippen molar-refractivity contribution in [2.45, 2.75) is 13.3 Å². The van der Waals surface area contributed by atoms with Crippen LogP contribution >= 0.6 is 0 Å². The van der Waals surface area contributed by atoms with Gasteiger partial charge in [-0.1, -0.05) is 25.1 Å². The van der Waals surface area contributed by atoms with Crippen LogP contribution in [0, 0.1) is 0 Å². The maximum absolute atomic E-state index is 12.1. The molecule has 1 N–H and O–H groups in total. The Bertz CT molecular complexity index is 471. The van der Waals surface area contributed by atoms with Crippen LogP contribution in [0.25, 0.3) is 0 Å². The van der Waals surface area contributed by atoms with Gasteiger partial charge in [-0.2, -0.15) is 0 Å². The first-order valence-corrected chi connectivity index (χ1v) is 8.07. The lowest BCUT2D eigenvalue weighted by Gasteiger charge is -2.34. The third-order valence-corrected chi connectivity index (χ3v) is 4.21. The number of ether oxygens (including phenoxy) is 1. The van der Waals surface area contributed by atoms with Crippen molar-refractivity contribution in [2.75, 3.05) is 52.9 Å². The van der Waals surface area contributed by atoms with Crippen molar-refractivity contribution in [3.63, 3.8) is 0 Å². The summed E-state index contributed by atoms with van der Waals surface area (Å²) in [6, 6.07) is 8.01. The highest BCUT2D eigenvalue weighted by atomic mass is 16.5. The smallest absolute Gasteiger partial charge is 0.236 e. The molecule has 5 nitrogen and oxygen atoms in total. The van der Waals surface area contributed by atoms with Gasteiger partial charge in [-0.3, -0.25) is 4.79 Å². The Labute approximate surface area is 133 Å². The van der Waals surface area contributed by atoms with Crippen LogP contribution in [0.5, 0.6) is 5.75 Å². The van der Waals surface area contributed by atoms with E-state index in [0.29, 0.717) is 6.54 Å². The minimum atomic E-state index is 0.204. The number of carbonyl (C=O) groups excluding carboxylic acids is 1. The first-order valence-electron chi connectivity index (χ1n) is 8.07. The topological polar surface area (TPSA) is 44.8 Å². The molecule has 0 unspecified atom stereocenters. The zero-order valence-corrected chi connectivity index (χ0v) is 13.7. The molecule has 1 aromatic rings. The molecule has 0 bridgehead atoms. The van der Waals surface area contributed by atoms with Gasteiger partial charge in [0.25, 0.3) is 0 Å². The minimum Gasteiger partial charge on any atom is -0.496 e. The first kappa shape index (κ1) is 16.8. The molecule has 1 saturated heterocycles. The van der Waals surface area contributed by atoms with Gasteiger partial charge >= 0.3 is 0 Å². The van der Waals surface area contributed by atoms with Crippen LogP contribution < -0.4 is 10.1 Å². The van der Waals surface area contributed by atoms with E-state index in [-0.39, 0.29) is 5.91 Å². The Morgan fingerprint density at radius 1 is 1.23 bits per heavy atom. The predicted octanol–water partition coefficient (Wildman–Crippen LogP) is 0.991. The fourth-order valence-electron chi connectivity index (χ4n) is 2.75. The molecule has 0 aliphatic carbocycles. The molecule has 1 aliphatic heterocycles. The number of methoxy groups -OCH3 is 1. The monoisotopic (exact) mass is 305 g/mol. The van der Waals surface area contributed by atoms with E-state index in [9.17, 15) is 4.79 Å². The molecule has 0 spiro atoms. The van der Waals surface area contributed by atoms with Crippen LogP contribution in [0.4, 0.5) is 0 Å². The van der Waals surface area contributed by atoms with Gasteiger partial charge in [-0.15, -0.1) is 0 Å². The molecule has 0 aromatic heterocycles. The van der Waals surface area contributed by atoms with Crippen LogP contribution in [0.1, 0.15) is 12.5 Å². The lowest BCUT2D eigenvalue weighted by molar-refractivity contribution is -0.131. The average molecular weight is 305 g/mol. The average Bonchev–Trinajstić information content (AvgIpc) is 2.59. The number of likely N-dealkylation sites (N-methyl/N-ethyl adjacent to an activating group) is 1. The highest BCUT2D eigenvalue weighted by Crippen LogP contribution is 2.17. The van der Waals surface area contributed by atoms with Crippen molar-refractivity contribution in [2.24, 2.45) is 0 Å². The number of hydrogen-bond acceptors (Lipinski definition) is 4. The highest BCUT2D eigenvalue weighted by molar-refractivity contribution is 5.78. The van der Waals surface area contributed by atoms with E-state index in [1.165, 1.54) is 5.56 Å². The van der Waals surface area contributed by atoms with E-state index in [1.807, 2.05) is 23.1 Å². The summed E-state index contributed by atoms with van der Waals surface area (Å²) in [6.07, 6.45) is 0.862. The molecular weight excluding hydrogens is 278 g/mol. The molecule has 1 heterocycles. The standard InChI is InChI=1S/C17H27N3O2/c1-3-19-10-12-20(13-11-19)17(21)14-18-9-8-15-6-4-5-7-16(15)22-2/h4-7,18H,3,8-14H2,1-2H3. The second-order valence-electron chi connectivity index (χ2n) is 5.55.